The Morgan fingerprint density at radius 1 is 1.30 bits per heavy atom. The highest BCUT2D eigenvalue weighted by Gasteiger charge is 2.33. The molecule has 0 bridgehead atoms. The van der Waals surface area contributed by atoms with Crippen LogP contribution < -0.4 is 5.32 Å². The van der Waals surface area contributed by atoms with Crippen molar-refractivity contribution in [3.8, 4) is 5.69 Å². The quantitative estimate of drug-likeness (QED) is 0.916. The van der Waals surface area contributed by atoms with Gasteiger partial charge in [0.2, 0.25) is 0 Å². The van der Waals surface area contributed by atoms with E-state index in [-0.39, 0.29) is 6.10 Å². The number of ether oxygens (including phenoxy) is 1. The van der Waals surface area contributed by atoms with Crippen molar-refractivity contribution in [3.05, 3.63) is 41.1 Å². The van der Waals surface area contributed by atoms with Crippen LogP contribution in [0.4, 0.5) is 19.0 Å². The Hall–Kier alpha value is -2.02. The third-order valence-corrected chi connectivity index (χ3v) is 4.33. The highest BCUT2D eigenvalue weighted by Crippen LogP contribution is 2.38. The van der Waals surface area contributed by atoms with Gasteiger partial charge in [-0.05, 0) is 37.5 Å². The van der Waals surface area contributed by atoms with E-state index < -0.39 is 11.7 Å². The van der Waals surface area contributed by atoms with Crippen LogP contribution in [0.25, 0.3) is 5.69 Å². The minimum atomic E-state index is -4.36. The summed E-state index contributed by atoms with van der Waals surface area (Å²) in [7, 11) is 0. The molecule has 7 heteroatoms. The number of nitrogens with zero attached hydrogens (tertiary/aromatic N) is 2. The number of rotatable bonds is 2. The summed E-state index contributed by atoms with van der Waals surface area (Å²) >= 11 is 0. The zero-order valence-electron chi connectivity index (χ0n) is 12.4. The standard InChI is InChI=1S/C16H16F3N3O/c17-16(18,19)10-3-1-4-11(9-10)22-15-12(6-7-20-15)14(21-22)13-5-2-8-23-13/h1,3-4,9,13,20H,2,5-8H2. The van der Waals surface area contributed by atoms with E-state index in [0.29, 0.717) is 12.3 Å². The lowest BCUT2D eigenvalue weighted by molar-refractivity contribution is -0.137. The lowest BCUT2D eigenvalue weighted by Gasteiger charge is -2.11. The van der Waals surface area contributed by atoms with Crippen LogP contribution in [-0.4, -0.2) is 22.9 Å². The first-order valence-electron chi connectivity index (χ1n) is 7.69. The molecule has 1 aromatic carbocycles. The zero-order chi connectivity index (χ0) is 16.0. The number of hydrogen-bond acceptors (Lipinski definition) is 3. The van der Waals surface area contributed by atoms with E-state index in [1.807, 2.05) is 0 Å². The Bertz CT molecular complexity index is 733. The molecule has 2 aliphatic rings. The predicted octanol–water partition coefficient (Wildman–Crippen LogP) is 3.71. The fourth-order valence-corrected chi connectivity index (χ4v) is 3.25. The summed E-state index contributed by atoms with van der Waals surface area (Å²) < 4.78 is 46.1. The molecule has 1 atom stereocenters. The van der Waals surface area contributed by atoms with Crippen molar-refractivity contribution in [1.82, 2.24) is 9.78 Å². The molecule has 1 aromatic heterocycles. The highest BCUT2D eigenvalue weighted by atomic mass is 19.4. The van der Waals surface area contributed by atoms with Crippen LogP contribution in [-0.2, 0) is 17.3 Å². The Morgan fingerprint density at radius 2 is 2.17 bits per heavy atom. The van der Waals surface area contributed by atoms with Crippen molar-refractivity contribution in [2.24, 2.45) is 0 Å². The van der Waals surface area contributed by atoms with Gasteiger partial charge in [-0.25, -0.2) is 4.68 Å². The van der Waals surface area contributed by atoms with Gasteiger partial charge in [0.05, 0.1) is 16.9 Å². The summed E-state index contributed by atoms with van der Waals surface area (Å²) in [5.74, 6) is 0.787. The van der Waals surface area contributed by atoms with E-state index in [0.717, 1.165) is 55.0 Å². The molecule has 23 heavy (non-hydrogen) atoms. The number of benzene rings is 1. The maximum Gasteiger partial charge on any atom is 0.416 e. The third-order valence-electron chi connectivity index (χ3n) is 4.33. The van der Waals surface area contributed by atoms with Gasteiger partial charge in [-0.3, -0.25) is 0 Å². The lowest BCUT2D eigenvalue weighted by atomic mass is 10.1. The summed E-state index contributed by atoms with van der Waals surface area (Å²) in [5, 5.41) is 7.80. The van der Waals surface area contributed by atoms with E-state index in [1.165, 1.54) is 6.07 Å². The number of alkyl halides is 3. The molecule has 2 aliphatic heterocycles. The lowest BCUT2D eigenvalue weighted by Crippen LogP contribution is -2.09. The second-order valence-electron chi connectivity index (χ2n) is 5.85. The minimum Gasteiger partial charge on any atom is -0.372 e. The molecule has 0 aliphatic carbocycles. The third kappa shape index (κ3) is 2.49. The summed E-state index contributed by atoms with van der Waals surface area (Å²) in [4.78, 5) is 0. The first-order chi connectivity index (χ1) is 11.0. The van der Waals surface area contributed by atoms with Gasteiger partial charge in [-0.15, -0.1) is 0 Å². The number of hydrogen-bond donors (Lipinski definition) is 1. The smallest absolute Gasteiger partial charge is 0.372 e. The van der Waals surface area contributed by atoms with Gasteiger partial charge in [0.25, 0.3) is 0 Å². The van der Waals surface area contributed by atoms with Crippen LogP contribution in [0.15, 0.2) is 24.3 Å². The molecule has 0 radical (unpaired) electrons. The van der Waals surface area contributed by atoms with Crippen molar-refractivity contribution in [1.29, 1.82) is 0 Å². The van der Waals surface area contributed by atoms with Crippen LogP contribution in [0.5, 0.6) is 0 Å². The van der Waals surface area contributed by atoms with Crippen LogP contribution >= 0.6 is 0 Å². The second-order valence-corrected chi connectivity index (χ2v) is 5.85. The van der Waals surface area contributed by atoms with E-state index >= 15 is 0 Å². The molecule has 2 aromatic rings. The molecule has 4 rings (SSSR count). The number of halogens is 3. The van der Waals surface area contributed by atoms with Crippen molar-refractivity contribution in [3.63, 3.8) is 0 Å². The molecule has 0 spiro atoms. The van der Waals surface area contributed by atoms with Crippen LogP contribution in [0.2, 0.25) is 0 Å². The molecule has 3 heterocycles. The summed E-state index contributed by atoms with van der Waals surface area (Å²) in [5.41, 5.74) is 1.67. The first kappa shape index (κ1) is 14.6. The molecule has 0 amide bonds. The van der Waals surface area contributed by atoms with Crippen LogP contribution in [0.1, 0.15) is 35.8 Å². The van der Waals surface area contributed by atoms with Crippen LogP contribution in [0.3, 0.4) is 0 Å². The predicted molar refractivity (Wildman–Crippen MR) is 78.7 cm³/mol. The fraction of sp³-hybridized carbons (Fsp3) is 0.438. The number of anilines is 1. The summed E-state index contributed by atoms with van der Waals surface area (Å²) in [6.45, 7) is 1.48. The van der Waals surface area contributed by atoms with E-state index in [1.54, 1.807) is 10.7 Å². The van der Waals surface area contributed by atoms with E-state index in [4.69, 9.17) is 4.74 Å². The second kappa shape index (κ2) is 5.26. The van der Waals surface area contributed by atoms with Gasteiger partial charge in [0, 0.05) is 18.7 Å². The van der Waals surface area contributed by atoms with Crippen LogP contribution in [0, 0.1) is 0 Å². The van der Waals surface area contributed by atoms with E-state index in [2.05, 4.69) is 10.4 Å². The van der Waals surface area contributed by atoms with Gasteiger partial charge < -0.3 is 10.1 Å². The monoisotopic (exact) mass is 323 g/mol. The summed E-state index contributed by atoms with van der Waals surface area (Å²) in [6.07, 6.45) is -1.69. The van der Waals surface area contributed by atoms with Crippen molar-refractivity contribution >= 4 is 5.82 Å². The van der Waals surface area contributed by atoms with Gasteiger partial charge in [-0.1, -0.05) is 6.07 Å². The van der Waals surface area contributed by atoms with Crippen molar-refractivity contribution in [2.75, 3.05) is 18.5 Å². The number of fused-ring (bicyclic) bond motifs is 1. The number of aromatic nitrogens is 2. The topological polar surface area (TPSA) is 39.1 Å². The normalized spacial score (nSPS) is 20.6. The largest absolute Gasteiger partial charge is 0.416 e. The Labute approximate surface area is 131 Å². The molecular weight excluding hydrogens is 307 g/mol. The molecule has 122 valence electrons. The molecule has 1 saturated heterocycles. The summed E-state index contributed by atoms with van der Waals surface area (Å²) in [6, 6.07) is 5.25. The SMILES string of the molecule is FC(F)(F)c1cccc(-n2nc(C3CCCO3)c3c2NCC3)c1. The Morgan fingerprint density at radius 3 is 2.91 bits per heavy atom. The molecule has 0 saturated carbocycles. The van der Waals surface area contributed by atoms with Gasteiger partial charge >= 0.3 is 6.18 Å². The Balaban J connectivity index is 1.79. The minimum absolute atomic E-state index is 0.0456. The molecule has 1 fully saturated rings. The first-order valence-corrected chi connectivity index (χ1v) is 7.69. The molecule has 1 N–H and O–H groups in total. The highest BCUT2D eigenvalue weighted by molar-refractivity contribution is 5.58. The van der Waals surface area contributed by atoms with Crippen molar-refractivity contribution < 1.29 is 17.9 Å². The molecule has 1 unspecified atom stereocenters. The maximum atomic E-state index is 12.9. The number of nitrogens with one attached hydrogen (secondary N) is 1. The van der Waals surface area contributed by atoms with Gasteiger partial charge in [0.15, 0.2) is 0 Å². The fourth-order valence-electron chi connectivity index (χ4n) is 3.25. The van der Waals surface area contributed by atoms with Gasteiger partial charge in [0.1, 0.15) is 11.9 Å². The van der Waals surface area contributed by atoms with E-state index in [9.17, 15) is 13.2 Å². The van der Waals surface area contributed by atoms with Crippen molar-refractivity contribution in [2.45, 2.75) is 31.5 Å². The Kier molecular flexibility index (Phi) is 3.33. The molecular formula is C16H16F3N3O. The average Bonchev–Trinajstić information content (AvgIpc) is 3.23. The maximum absolute atomic E-state index is 12.9. The zero-order valence-corrected chi connectivity index (χ0v) is 12.4. The van der Waals surface area contributed by atoms with Gasteiger partial charge in [-0.2, -0.15) is 18.3 Å². The average molecular weight is 323 g/mol. The molecule has 4 nitrogen and oxygen atoms in total.